The summed E-state index contributed by atoms with van der Waals surface area (Å²) in [6.45, 7) is 6.07. The van der Waals surface area contributed by atoms with E-state index in [1.165, 1.54) is 0 Å². The van der Waals surface area contributed by atoms with Gasteiger partial charge in [0.1, 0.15) is 5.52 Å². The van der Waals surface area contributed by atoms with Crippen molar-refractivity contribution in [2.45, 2.75) is 32.7 Å². The molecule has 0 unspecified atom stereocenters. The lowest BCUT2D eigenvalue weighted by molar-refractivity contribution is 0.0920. The Hall–Kier alpha value is -2.31. The van der Waals surface area contributed by atoms with Gasteiger partial charge in [0.15, 0.2) is 5.65 Å². The Morgan fingerprint density at radius 3 is 2.78 bits per heavy atom. The molecular formula is C16H22N4O3. The molecule has 23 heavy (non-hydrogen) atoms. The molecule has 1 aliphatic rings. The quantitative estimate of drug-likeness (QED) is 0.866. The highest BCUT2D eigenvalue weighted by molar-refractivity contribution is 5.72. The van der Waals surface area contributed by atoms with Crippen LogP contribution in [0.2, 0.25) is 0 Å². The van der Waals surface area contributed by atoms with Gasteiger partial charge in [-0.2, -0.15) is 4.98 Å². The highest BCUT2D eigenvalue weighted by atomic mass is 16.6. The van der Waals surface area contributed by atoms with Crippen LogP contribution in [0.5, 0.6) is 6.01 Å². The fraction of sp³-hybridized carbons (Fsp3) is 0.562. The van der Waals surface area contributed by atoms with Gasteiger partial charge in [-0.3, -0.25) is 4.57 Å². The van der Waals surface area contributed by atoms with Crippen LogP contribution >= 0.6 is 0 Å². The van der Waals surface area contributed by atoms with E-state index in [1.807, 2.05) is 26.0 Å². The molecule has 0 spiro atoms. The summed E-state index contributed by atoms with van der Waals surface area (Å²) < 4.78 is 12.8. The lowest BCUT2D eigenvalue weighted by Crippen LogP contribution is -2.39. The molecular weight excluding hydrogens is 296 g/mol. The number of rotatable bonds is 4. The number of imidazole rings is 1. The van der Waals surface area contributed by atoms with Gasteiger partial charge >= 0.3 is 6.09 Å². The molecule has 0 saturated carbocycles. The molecule has 1 saturated heterocycles. The molecule has 0 bridgehead atoms. The maximum atomic E-state index is 11.8. The second-order valence-electron chi connectivity index (χ2n) is 5.46. The molecule has 1 amide bonds. The van der Waals surface area contributed by atoms with Gasteiger partial charge in [-0.05, 0) is 38.8 Å². The third-order valence-corrected chi connectivity index (χ3v) is 4.05. The Bertz CT molecular complexity index is 677. The molecule has 0 atom stereocenters. The van der Waals surface area contributed by atoms with E-state index in [1.54, 1.807) is 11.1 Å². The number of piperidine rings is 1. The molecule has 2 aromatic rings. The van der Waals surface area contributed by atoms with Gasteiger partial charge in [-0.1, -0.05) is 0 Å². The number of fused-ring (bicyclic) bond motifs is 1. The first kappa shape index (κ1) is 15.6. The zero-order valence-electron chi connectivity index (χ0n) is 13.6. The van der Waals surface area contributed by atoms with E-state index in [2.05, 4.69) is 14.5 Å². The molecule has 3 heterocycles. The summed E-state index contributed by atoms with van der Waals surface area (Å²) in [5.41, 5.74) is 1.68. The second-order valence-corrected chi connectivity index (χ2v) is 5.46. The van der Waals surface area contributed by atoms with Crippen LogP contribution in [0.1, 0.15) is 32.7 Å². The minimum absolute atomic E-state index is 0.224. The Balaban J connectivity index is 1.81. The molecule has 124 valence electrons. The Kier molecular flexibility index (Phi) is 4.64. The Morgan fingerprint density at radius 1 is 1.30 bits per heavy atom. The first-order chi connectivity index (χ1) is 11.2. The van der Waals surface area contributed by atoms with Gasteiger partial charge in [0.2, 0.25) is 0 Å². The predicted molar refractivity (Wildman–Crippen MR) is 85.6 cm³/mol. The molecule has 0 aliphatic carbocycles. The lowest BCUT2D eigenvalue weighted by atomic mass is 10.1. The second kappa shape index (κ2) is 6.85. The number of nitrogens with zero attached hydrogens (tertiary/aromatic N) is 4. The number of aromatic nitrogens is 3. The Morgan fingerprint density at radius 2 is 2.09 bits per heavy atom. The minimum Gasteiger partial charge on any atom is -0.465 e. The van der Waals surface area contributed by atoms with Gasteiger partial charge in [0.25, 0.3) is 6.01 Å². The first-order valence-electron chi connectivity index (χ1n) is 8.12. The number of pyridine rings is 1. The van der Waals surface area contributed by atoms with E-state index in [4.69, 9.17) is 9.47 Å². The number of carbonyl (C=O) groups excluding carboxylic acids is 1. The van der Waals surface area contributed by atoms with E-state index < -0.39 is 0 Å². The maximum Gasteiger partial charge on any atom is 0.409 e. The maximum absolute atomic E-state index is 11.8. The summed E-state index contributed by atoms with van der Waals surface area (Å²) >= 11 is 0. The molecule has 3 rings (SSSR count). The van der Waals surface area contributed by atoms with Crippen molar-refractivity contribution in [3.05, 3.63) is 18.3 Å². The molecule has 0 radical (unpaired) electrons. The van der Waals surface area contributed by atoms with Crippen molar-refractivity contribution < 1.29 is 14.3 Å². The van der Waals surface area contributed by atoms with E-state index in [9.17, 15) is 4.79 Å². The summed E-state index contributed by atoms with van der Waals surface area (Å²) in [5, 5.41) is 0. The minimum atomic E-state index is -0.232. The van der Waals surface area contributed by atoms with Crippen LogP contribution in [0.4, 0.5) is 4.79 Å². The third-order valence-electron chi connectivity index (χ3n) is 4.05. The first-order valence-corrected chi connectivity index (χ1v) is 8.12. The van der Waals surface area contributed by atoms with Crippen LogP contribution in [0.25, 0.3) is 11.2 Å². The van der Waals surface area contributed by atoms with Gasteiger partial charge in [0, 0.05) is 25.3 Å². The van der Waals surface area contributed by atoms with Crippen LogP contribution in [0.3, 0.4) is 0 Å². The van der Waals surface area contributed by atoms with Crippen LogP contribution in [0, 0.1) is 0 Å². The highest BCUT2D eigenvalue weighted by Gasteiger charge is 2.28. The highest BCUT2D eigenvalue weighted by Crippen LogP contribution is 2.31. The molecule has 0 aromatic carbocycles. The van der Waals surface area contributed by atoms with Crippen molar-refractivity contribution in [2.75, 3.05) is 26.3 Å². The van der Waals surface area contributed by atoms with Gasteiger partial charge in [-0.25, -0.2) is 9.78 Å². The van der Waals surface area contributed by atoms with E-state index in [0.717, 1.165) is 24.0 Å². The summed E-state index contributed by atoms with van der Waals surface area (Å²) in [7, 11) is 0. The molecule has 1 fully saturated rings. The summed E-state index contributed by atoms with van der Waals surface area (Å²) in [4.78, 5) is 22.6. The number of likely N-dealkylation sites (tertiary alicyclic amines) is 1. The molecule has 7 nitrogen and oxygen atoms in total. The molecule has 2 aromatic heterocycles. The monoisotopic (exact) mass is 318 g/mol. The van der Waals surface area contributed by atoms with Crippen LogP contribution < -0.4 is 4.74 Å². The number of hydrogen-bond donors (Lipinski definition) is 0. The van der Waals surface area contributed by atoms with Crippen molar-refractivity contribution in [2.24, 2.45) is 0 Å². The lowest BCUT2D eigenvalue weighted by Gasteiger charge is -2.32. The standard InChI is InChI=1S/C16H22N4O3/c1-3-22-15-18-13-6-5-9-17-14(13)20(15)12-7-10-19(11-8-12)16(21)23-4-2/h5-6,9,12H,3-4,7-8,10-11H2,1-2H3. The SMILES string of the molecule is CCOC(=O)N1CCC(n2c(OCC)nc3cccnc32)CC1. The summed E-state index contributed by atoms with van der Waals surface area (Å²) in [5.74, 6) is 0. The predicted octanol–water partition coefficient (Wildman–Crippen LogP) is 2.62. The smallest absolute Gasteiger partial charge is 0.409 e. The van der Waals surface area contributed by atoms with Gasteiger partial charge in [-0.15, -0.1) is 0 Å². The van der Waals surface area contributed by atoms with Crippen molar-refractivity contribution >= 4 is 17.3 Å². The fourth-order valence-electron chi connectivity index (χ4n) is 2.99. The van der Waals surface area contributed by atoms with Gasteiger partial charge in [0.05, 0.1) is 13.2 Å². The number of amides is 1. The van der Waals surface area contributed by atoms with Crippen LogP contribution in [-0.4, -0.2) is 51.8 Å². The van der Waals surface area contributed by atoms with Crippen molar-refractivity contribution in [3.8, 4) is 6.01 Å². The molecule has 0 N–H and O–H groups in total. The number of hydrogen-bond acceptors (Lipinski definition) is 5. The number of carbonyl (C=O) groups is 1. The average Bonchev–Trinajstić information content (AvgIpc) is 2.93. The molecule has 1 aliphatic heterocycles. The zero-order chi connectivity index (χ0) is 16.2. The average molecular weight is 318 g/mol. The summed E-state index contributed by atoms with van der Waals surface area (Å²) in [6.07, 6.45) is 3.20. The van der Waals surface area contributed by atoms with Crippen molar-refractivity contribution in [3.63, 3.8) is 0 Å². The largest absolute Gasteiger partial charge is 0.465 e. The van der Waals surface area contributed by atoms with Crippen molar-refractivity contribution in [1.82, 2.24) is 19.4 Å². The van der Waals surface area contributed by atoms with E-state index in [-0.39, 0.29) is 12.1 Å². The fourth-order valence-corrected chi connectivity index (χ4v) is 2.99. The summed E-state index contributed by atoms with van der Waals surface area (Å²) in [6, 6.07) is 4.64. The number of ether oxygens (including phenoxy) is 2. The topological polar surface area (TPSA) is 69.5 Å². The normalized spacial score (nSPS) is 15.8. The van der Waals surface area contributed by atoms with Crippen LogP contribution in [0.15, 0.2) is 18.3 Å². The molecule has 7 heteroatoms. The van der Waals surface area contributed by atoms with Crippen LogP contribution in [-0.2, 0) is 4.74 Å². The zero-order valence-corrected chi connectivity index (χ0v) is 13.6. The van der Waals surface area contributed by atoms with Gasteiger partial charge < -0.3 is 14.4 Å². The van der Waals surface area contributed by atoms with E-state index >= 15 is 0 Å². The van der Waals surface area contributed by atoms with E-state index in [0.29, 0.717) is 32.3 Å². The Labute approximate surface area is 135 Å². The van der Waals surface area contributed by atoms with Crippen molar-refractivity contribution in [1.29, 1.82) is 0 Å². The third kappa shape index (κ3) is 3.09.